The zero-order valence-electron chi connectivity index (χ0n) is 13.8. The Morgan fingerprint density at radius 3 is 1.83 bits per heavy atom. The molecule has 0 amide bonds. The standard InChI is InChI=1S/C17H22N4O2S/c1-13-3-5-14(6-4-13)11-20-17(19-2)21-12-15-7-9-16(10-8-15)24(18,22)23/h3-10H,11-12H2,1-2H3,(H2,18,22,23)(H2,19,20,21). The summed E-state index contributed by atoms with van der Waals surface area (Å²) in [4.78, 5) is 4.28. The van der Waals surface area contributed by atoms with Crippen molar-refractivity contribution in [3.05, 3.63) is 65.2 Å². The number of sulfonamides is 1. The minimum atomic E-state index is -3.65. The van der Waals surface area contributed by atoms with Crippen LogP contribution in [0.4, 0.5) is 0 Å². The second-order valence-corrected chi connectivity index (χ2v) is 7.02. The van der Waals surface area contributed by atoms with Gasteiger partial charge in [0.2, 0.25) is 10.0 Å². The molecule has 6 nitrogen and oxygen atoms in total. The fourth-order valence-electron chi connectivity index (χ4n) is 2.10. The molecule has 0 saturated heterocycles. The molecule has 0 aliphatic carbocycles. The fourth-order valence-corrected chi connectivity index (χ4v) is 2.61. The van der Waals surface area contributed by atoms with Crippen molar-refractivity contribution in [1.82, 2.24) is 10.6 Å². The predicted molar refractivity (Wildman–Crippen MR) is 96.0 cm³/mol. The highest BCUT2D eigenvalue weighted by Crippen LogP contribution is 2.08. The van der Waals surface area contributed by atoms with E-state index >= 15 is 0 Å². The van der Waals surface area contributed by atoms with Crippen LogP contribution in [-0.4, -0.2) is 21.4 Å². The maximum Gasteiger partial charge on any atom is 0.238 e. The second-order valence-electron chi connectivity index (χ2n) is 5.45. The number of hydrogen-bond acceptors (Lipinski definition) is 3. The van der Waals surface area contributed by atoms with Crippen LogP contribution in [0.2, 0.25) is 0 Å². The number of nitrogens with zero attached hydrogens (tertiary/aromatic N) is 1. The predicted octanol–water partition coefficient (Wildman–Crippen LogP) is 1.51. The van der Waals surface area contributed by atoms with Crippen molar-refractivity contribution in [2.75, 3.05) is 7.05 Å². The summed E-state index contributed by atoms with van der Waals surface area (Å²) < 4.78 is 22.5. The molecule has 0 aromatic heterocycles. The van der Waals surface area contributed by atoms with Crippen LogP contribution in [0, 0.1) is 6.92 Å². The van der Waals surface area contributed by atoms with Crippen molar-refractivity contribution in [2.45, 2.75) is 24.9 Å². The lowest BCUT2D eigenvalue weighted by Crippen LogP contribution is -2.36. The largest absolute Gasteiger partial charge is 0.352 e. The zero-order valence-corrected chi connectivity index (χ0v) is 14.6. The van der Waals surface area contributed by atoms with Crippen LogP contribution in [0.25, 0.3) is 0 Å². The van der Waals surface area contributed by atoms with E-state index in [0.717, 1.165) is 5.56 Å². The van der Waals surface area contributed by atoms with Gasteiger partial charge in [0.25, 0.3) is 0 Å². The molecule has 0 fully saturated rings. The molecule has 0 unspecified atom stereocenters. The lowest BCUT2D eigenvalue weighted by molar-refractivity contribution is 0.597. The van der Waals surface area contributed by atoms with E-state index in [1.54, 1.807) is 19.2 Å². The van der Waals surface area contributed by atoms with Gasteiger partial charge in [-0.3, -0.25) is 4.99 Å². The van der Waals surface area contributed by atoms with E-state index in [-0.39, 0.29) is 4.90 Å². The maximum absolute atomic E-state index is 11.2. The van der Waals surface area contributed by atoms with Crippen molar-refractivity contribution >= 4 is 16.0 Å². The van der Waals surface area contributed by atoms with E-state index in [0.29, 0.717) is 19.0 Å². The first-order chi connectivity index (χ1) is 11.4. The highest BCUT2D eigenvalue weighted by molar-refractivity contribution is 7.89. The van der Waals surface area contributed by atoms with Gasteiger partial charge in [0.05, 0.1) is 4.90 Å². The number of aryl methyl sites for hydroxylation is 1. The van der Waals surface area contributed by atoms with E-state index in [4.69, 9.17) is 5.14 Å². The quantitative estimate of drug-likeness (QED) is 0.565. The third-order valence-electron chi connectivity index (χ3n) is 3.52. The third kappa shape index (κ3) is 5.36. The van der Waals surface area contributed by atoms with Crippen LogP contribution in [-0.2, 0) is 23.1 Å². The Kier molecular flexibility index (Phi) is 5.94. The summed E-state index contributed by atoms with van der Waals surface area (Å²) in [5.41, 5.74) is 3.32. The first-order valence-corrected chi connectivity index (χ1v) is 9.05. The lowest BCUT2D eigenvalue weighted by Gasteiger charge is -2.12. The first kappa shape index (κ1) is 18.0. The van der Waals surface area contributed by atoms with Crippen LogP contribution in [0.15, 0.2) is 58.4 Å². The SMILES string of the molecule is CN=C(NCc1ccc(C)cc1)NCc1ccc(S(N)(=O)=O)cc1. The molecule has 2 aromatic carbocycles. The van der Waals surface area contributed by atoms with Gasteiger partial charge >= 0.3 is 0 Å². The maximum atomic E-state index is 11.2. The Hall–Kier alpha value is -2.38. The number of nitrogens with two attached hydrogens (primary N) is 1. The van der Waals surface area contributed by atoms with Crippen molar-refractivity contribution in [3.63, 3.8) is 0 Å². The van der Waals surface area contributed by atoms with E-state index in [1.807, 2.05) is 0 Å². The average Bonchev–Trinajstić information content (AvgIpc) is 2.56. The average molecular weight is 346 g/mol. The van der Waals surface area contributed by atoms with Crippen molar-refractivity contribution < 1.29 is 8.42 Å². The number of primary sulfonamides is 1. The molecule has 2 rings (SSSR count). The molecule has 0 saturated carbocycles. The molecule has 0 aliphatic rings. The molecule has 0 aliphatic heterocycles. The molecule has 0 spiro atoms. The Morgan fingerprint density at radius 2 is 1.42 bits per heavy atom. The van der Waals surface area contributed by atoms with Gasteiger partial charge in [0.15, 0.2) is 5.96 Å². The van der Waals surface area contributed by atoms with Gasteiger partial charge in [-0.05, 0) is 30.2 Å². The van der Waals surface area contributed by atoms with Crippen LogP contribution in [0.1, 0.15) is 16.7 Å². The molecule has 0 heterocycles. The van der Waals surface area contributed by atoms with Crippen molar-refractivity contribution in [3.8, 4) is 0 Å². The van der Waals surface area contributed by atoms with Crippen LogP contribution >= 0.6 is 0 Å². The number of rotatable bonds is 5. The molecule has 4 N–H and O–H groups in total. The third-order valence-corrected chi connectivity index (χ3v) is 4.45. The highest BCUT2D eigenvalue weighted by Gasteiger charge is 2.06. The monoisotopic (exact) mass is 346 g/mol. The van der Waals surface area contributed by atoms with Gasteiger partial charge < -0.3 is 10.6 Å². The van der Waals surface area contributed by atoms with Crippen molar-refractivity contribution in [1.29, 1.82) is 0 Å². The van der Waals surface area contributed by atoms with Gasteiger partial charge in [-0.2, -0.15) is 0 Å². The summed E-state index contributed by atoms with van der Waals surface area (Å²) in [7, 11) is -1.95. The Morgan fingerprint density at radius 1 is 0.958 bits per heavy atom. The normalized spacial score (nSPS) is 12.0. The van der Waals surface area contributed by atoms with E-state index in [2.05, 4.69) is 46.8 Å². The van der Waals surface area contributed by atoms with Crippen LogP contribution in [0.5, 0.6) is 0 Å². The van der Waals surface area contributed by atoms with E-state index in [1.165, 1.54) is 23.3 Å². The molecular formula is C17H22N4O2S. The fraction of sp³-hybridized carbons (Fsp3) is 0.235. The van der Waals surface area contributed by atoms with Gasteiger partial charge in [-0.15, -0.1) is 0 Å². The Bertz CT molecular complexity index is 797. The first-order valence-electron chi connectivity index (χ1n) is 7.50. The number of hydrogen-bond donors (Lipinski definition) is 3. The molecule has 0 radical (unpaired) electrons. The minimum Gasteiger partial charge on any atom is -0.352 e. The Labute approximate surface area is 142 Å². The smallest absolute Gasteiger partial charge is 0.238 e. The van der Waals surface area contributed by atoms with Gasteiger partial charge in [0.1, 0.15) is 0 Å². The van der Waals surface area contributed by atoms with Gasteiger partial charge in [-0.25, -0.2) is 13.6 Å². The van der Waals surface area contributed by atoms with E-state index in [9.17, 15) is 8.42 Å². The molecule has 0 bridgehead atoms. The molecular weight excluding hydrogens is 324 g/mol. The summed E-state index contributed by atoms with van der Waals surface area (Å²) in [5.74, 6) is 0.672. The summed E-state index contributed by atoms with van der Waals surface area (Å²) in [6, 6.07) is 14.7. The number of guanidine groups is 1. The lowest BCUT2D eigenvalue weighted by atomic mass is 10.1. The highest BCUT2D eigenvalue weighted by atomic mass is 32.2. The number of benzene rings is 2. The van der Waals surface area contributed by atoms with Crippen LogP contribution in [0.3, 0.4) is 0 Å². The molecule has 128 valence electrons. The number of nitrogens with one attached hydrogen (secondary N) is 2. The van der Waals surface area contributed by atoms with E-state index < -0.39 is 10.0 Å². The minimum absolute atomic E-state index is 0.105. The summed E-state index contributed by atoms with van der Waals surface area (Å²) in [6.07, 6.45) is 0. The number of aliphatic imine (C=N–C) groups is 1. The van der Waals surface area contributed by atoms with Crippen LogP contribution < -0.4 is 15.8 Å². The van der Waals surface area contributed by atoms with Gasteiger partial charge in [-0.1, -0.05) is 42.0 Å². The topological polar surface area (TPSA) is 96.6 Å². The zero-order chi connectivity index (χ0) is 17.6. The molecule has 7 heteroatoms. The molecule has 24 heavy (non-hydrogen) atoms. The summed E-state index contributed by atoms with van der Waals surface area (Å²) in [6.45, 7) is 3.25. The molecule has 0 atom stereocenters. The molecule has 2 aromatic rings. The summed E-state index contributed by atoms with van der Waals surface area (Å²) in [5, 5.41) is 11.5. The van der Waals surface area contributed by atoms with Gasteiger partial charge in [0, 0.05) is 20.1 Å². The Balaban J connectivity index is 1.88. The second kappa shape index (κ2) is 7.94. The summed E-state index contributed by atoms with van der Waals surface area (Å²) >= 11 is 0. The van der Waals surface area contributed by atoms with Crippen molar-refractivity contribution in [2.24, 2.45) is 10.1 Å².